The molecule has 6 nitrogen and oxygen atoms in total. The number of amides is 1. The molecule has 0 aliphatic carbocycles. The number of carbonyl (C=O) groups is 1. The number of rotatable bonds is 6. The molecule has 1 amide bonds. The summed E-state index contributed by atoms with van der Waals surface area (Å²) in [4.78, 5) is 21.2. The first-order valence-electron chi connectivity index (χ1n) is 5.62. The number of nitrogens with one attached hydrogen (secondary N) is 1. The lowest BCUT2D eigenvalue weighted by Crippen LogP contribution is -2.36. The van der Waals surface area contributed by atoms with Crippen LogP contribution in [-0.2, 0) is 4.79 Å². The van der Waals surface area contributed by atoms with E-state index >= 15 is 0 Å². The summed E-state index contributed by atoms with van der Waals surface area (Å²) in [6, 6.07) is 0. The van der Waals surface area contributed by atoms with Gasteiger partial charge in [0.15, 0.2) is 16.7 Å². The molecule has 0 bridgehead atoms. The fourth-order valence-electron chi connectivity index (χ4n) is 1.40. The Morgan fingerprint density at radius 2 is 2.28 bits per heavy atom. The molecule has 1 aromatic rings. The second-order valence-corrected chi connectivity index (χ2v) is 4.09. The zero-order chi connectivity index (χ0) is 13.5. The Balaban J connectivity index is 2.75. The highest BCUT2D eigenvalue weighted by molar-refractivity contribution is 6.31. The highest BCUT2D eigenvalue weighted by Crippen LogP contribution is 2.30. The highest BCUT2D eigenvalue weighted by atomic mass is 35.5. The minimum atomic E-state index is -0.0730. The van der Waals surface area contributed by atoms with Crippen molar-refractivity contribution in [1.29, 1.82) is 0 Å². The summed E-state index contributed by atoms with van der Waals surface area (Å²) in [6.45, 7) is 2.84. The third-order valence-corrected chi connectivity index (χ3v) is 2.53. The Morgan fingerprint density at radius 3 is 2.89 bits per heavy atom. The fourth-order valence-corrected chi connectivity index (χ4v) is 1.61. The van der Waals surface area contributed by atoms with Gasteiger partial charge in [-0.2, -0.15) is 0 Å². The van der Waals surface area contributed by atoms with E-state index in [0.29, 0.717) is 18.1 Å². The van der Waals surface area contributed by atoms with Gasteiger partial charge in [0.1, 0.15) is 6.33 Å². The molecule has 7 heteroatoms. The normalized spacial score (nSPS) is 10.0. The lowest BCUT2D eigenvalue weighted by atomic mass is 10.4. The van der Waals surface area contributed by atoms with Crippen molar-refractivity contribution in [3.63, 3.8) is 0 Å². The lowest BCUT2D eigenvalue weighted by Gasteiger charge is -2.19. The van der Waals surface area contributed by atoms with Crippen molar-refractivity contribution in [3.8, 4) is 5.75 Å². The number of nitrogens with zero attached hydrogens (tertiary/aromatic N) is 3. The molecule has 0 aliphatic rings. The predicted octanol–water partition coefficient (Wildman–Crippen LogP) is 1.10. The van der Waals surface area contributed by atoms with Crippen LogP contribution in [0.25, 0.3) is 0 Å². The SMILES string of the molecule is CCCNC(=O)CN(C)c1ncnc(Cl)c1OC. The smallest absolute Gasteiger partial charge is 0.239 e. The molecular formula is C11H17ClN4O2. The van der Waals surface area contributed by atoms with Crippen LogP contribution in [0.2, 0.25) is 5.15 Å². The van der Waals surface area contributed by atoms with Crippen molar-refractivity contribution in [1.82, 2.24) is 15.3 Å². The average molecular weight is 273 g/mol. The Hall–Kier alpha value is -1.56. The number of halogens is 1. The van der Waals surface area contributed by atoms with Gasteiger partial charge in [-0.25, -0.2) is 9.97 Å². The van der Waals surface area contributed by atoms with E-state index in [-0.39, 0.29) is 17.6 Å². The number of likely N-dealkylation sites (N-methyl/N-ethyl adjacent to an activating group) is 1. The molecule has 0 aromatic carbocycles. The second-order valence-electron chi connectivity index (χ2n) is 3.73. The van der Waals surface area contributed by atoms with Gasteiger partial charge in [-0.15, -0.1) is 0 Å². The summed E-state index contributed by atoms with van der Waals surface area (Å²) in [5, 5.41) is 3.01. The first-order valence-corrected chi connectivity index (χ1v) is 6.00. The molecule has 100 valence electrons. The zero-order valence-electron chi connectivity index (χ0n) is 10.7. The van der Waals surface area contributed by atoms with Crippen LogP contribution in [0.15, 0.2) is 6.33 Å². The average Bonchev–Trinajstić information content (AvgIpc) is 2.35. The van der Waals surface area contributed by atoms with Gasteiger partial charge < -0.3 is 15.0 Å². The van der Waals surface area contributed by atoms with Gasteiger partial charge in [0.25, 0.3) is 0 Å². The summed E-state index contributed by atoms with van der Waals surface area (Å²) >= 11 is 5.89. The summed E-state index contributed by atoms with van der Waals surface area (Å²) in [6.07, 6.45) is 2.23. The monoisotopic (exact) mass is 272 g/mol. The van der Waals surface area contributed by atoms with Crippen LogP contribution in [0.3, 0.4) is 0 Å². The Kier molecular flexibility index (Phi) is 5.64. The number of hydrogen-bond acceptors (Lipinski definition) is 5. The minimum absolute atomic E-state index is 0.0730. The highest BCUT2D eigenvalue weighted by Gasteiger charge is 2.16. The first-order chi connectivity index (χ1) is 8.60. The van der Waals surface area contributed by atoms with Crippen LogP contribution in [-0.4, -0.2) is 43.1 Å². The van der Waals surface area contributed by atoms with Crippen molar-refractivity contribution in [3.05, 3.63) is 11.5 Å². The Morgan fingerprint density at radius 1 is 1.56 bits per heavy atom. The number of ether oxygens (including phenoxy) is 1. The molecule has 0 saturated carbocycles. The van der Waals surface area contributed by atoms with Gasteiger partial charge >= 0.3 is 0 Å². The third-order valence-electron chi connectivity index (χ3n) is 2.26. The van der Waals surface area contributed by atoms with E-state index in [4.69, 9.17) is 16.3 Å². The molecule has 0 saturated heterocycles. The standard InChI is InChI=1S/C11H17ClN4O2/c1-4-5-13-8(17)6-16(2)11-9(18-3)10(12)14-7-15-11/h7H,4-6H2,1-3H3,(H,13,17). The third kappa shape index (κ3) is 3.73. The van der Waals surface area contributed by atoms with Gasteiger partial charge in [0.2, 0.25) is 5.91 Å². The maximum atomic E-state index is 11.6. The predicted molar refractivity (Wildman–Crippen MR) is 70.2 cm³/mol. The molecule has 1 rings (SSSR count). The molecule has 18 heavy (non-hydrogen) atoms. The summed E-state index contributed by atoms with van der Waals surface area (Å²) in [7, 11) is 3.23. The number of aromatic nitrogens is 2. The molecule has 1 heterocycles. The molecule has 0 spiro atoms. The molecule has 0 fully saturated rings. The number of anilines is 1. The van der Waals surface area contributed by atoms with Crippen molar-refractivity contribution < 1.29 is 9.53 Å². The van der Waals surface area contributed by atoms with Crippen molar-refractivity contribution in [2.24, 2.45) is 0 Å². The number of methoxy groups -OCH3 is 1. The van der Waals surface area contributed by atoms with E-state index in [1.807, 2.05) is 6.92 Å². The van der Waals surface area contributed by atoms with E-state index in [9.17, 15) is 4.79 Å². The van der Waals surface area contributed by atoms with E-state index in [1.54, 1.807) is 11.9 Å². The Bertz CT molecular complexity index is 414. The largest absolute Gasteiger partial charge is 0.490 e. The summed E-state index contributed by atoms with van der Waals surface area (Å²) in [5.74, 6) is 0.783. The van der Waals surface area contributed by atoms with Gasteiger partial charge in [-0.1, -0.05) is 18.5 Å². The van der Waals surface area contributed by atoms with Gasteiger partial charge in [-0.3, -0.25) is 4.79 Å². The van der Waals surface area contributed by atoms with Crippen molar-refractivity contribution in [2.45, 2.75) is 13.3 Å². The lowest BCUT2D eigenvalue weighted by molar-refractivity contribution is -0.119. The quantitative estimate of drug-likeness (QED) is 0.786. The summed E-state index contributed by atoms with van der Waals surface area (Å²) in [5.41, 5.74) is 0. The van der Waals surface area contributed by atoms with Crippen LogP contribution in [0, 0.1) is 0 Å². The van der Waals surface area contributed by atoms with E-state index in [2.05, 4.69) is 15.3 Å². The van der Waals surface area contributed by atoms with Crippen LogP contribution in [0.4, 0.5) is 5.82 Å². The number of hydrogen-bond donors (Lipinski definition) is 1. The molecular weight excluding hydrogens is 256 g/mol. The molecule has 1 N–H and O–H groups in total. The topological polar surface area (TPSA) is 67.4 Å². The van der Waals surface area contributed by atoms with Crippen LogP contribution in [0.1, 0.15) is 13.3 Å². The van der Waals surface area contributed by atoms with Gasteiger partial charge in [0.05, 0.1) is 13.7 Å². The molecule has 1 aromatic heterocycles. The van der Waals surface area contributed by atoms with Gasteiger partial charge in [-0.05, 0) is 6.42 Å². The molecule has 0 aliphatic heterocycles. The van der Waals surface area contributed by atoms with Gasteiger partial charge in [0, 0.05) is 13.6 Å². The van der Waals surface area contributed by atoms with E-state index < -0.39 is 0 Å². The van der Waals surface area contributed by atoms with Crippen LogP contribution in [0.5, 0.6) is 5.75 Å². The molecule has 0 radical (unpaired) electrons. The number of carbonyl (C=O) groups excluding carboxylic acids is 1. The summed E-state index contributed by atoms with van der Waals surface area (Å²) < 4.78 is 5.13. The van der Waals surface area contributed by atoms with Crippen molar-refractivity contribution in [2.75, 3.05) is 32.1 Å². The van der Waals surface area contributed by atoms with E-state index in [0.717, 1.165) is 6.42 Å². The zero-order valence-corrected chi connectivity index (χ0v) is 11.5. The van der Waals surface area contributed by atoms with Crippen LogP contribution < -0.4 is 15.0 Å². The minimum Gasteiger partial charge on any atom is -0.490 e. The van der Waals surface area contributed by atoms with E-state index in [1.165, 1.54) is 13.4 Å². The maximum absolute atomic E-state index is 11.6. The first kappa shape index (κ1) is 14.5. The Labute approximate surface area is 111 Å². The van der Waals surface area contributed by atoms with Crippen LogP contribution >= 0.6 is 11.6 Å². The molecule has 0 atom stereocenters. The van der Waals surface area contributed by atoms with Crippen molar-refractivity contribution >= 4 is 23.3 Å². The molecule has 0 unspecified atom stereocenters. The second kappa shape index (κ2) is 7.00. The maximum Gasteiger partial charge on any atom is 0.239 e. The fraction of sp³-hybridized carbons (Fsp3) is 0.545.